The number of hydrogen-bond donors (Lipinski definition) is 0. The Morgan fingerprint density at radius 1 is 0.113 bits per heavy atom. The highest BCUT2D eigenvalue weighted by Crippen LogP contribution is 2.50. The van der Waals surface area contributed by atoms with Gasteiger partial charge in [0.2, 0.25) is 0 Å². The summed E-state index contributed by atoms with van der Waals surface area (Å²) in [6, 6.07) is 201. The number of aromatic nitrogens is 4. The summed E-state index contributed by atoms with van der Waals surface area (Å²) in [6.07, 6.45) is 3.88. The Bertz CT molecular complexity index is 10200. The van der Waals surface area contributed by atoms with Crippen LogP contribution in [0.1, 0.15) is 0 Å². The van der Waals surface area contributed by atoms with Crippen LogP contribution in [0.15, 0.2) is 570 Å². The summed E-state index contributed by atoms with van der Waals surface area (Å²) in [7, 11) is 0. The van der Waals surface area contributed by atoms with Gasteiger partial charge in [-0.15, -0.1) is 0 Å². The van der Waals surface area contributed by atoms with E-state index in [1.807, 2.05) is 18.5 Å². The molecule has 4 nitrogen and oxygen atoms in total. The fourth-order valence-electron chi connectivity index (χ4n) is 22.9. The Morgan fingerprint density at radius 2 is 0.353 bits per heavy atom. The van der Waals surface area contributed by atoms with Crippen LogP contribution in [0, 0.1) is 0 Å². The third kappa shape index (κ3) is 16.6. The van der Waals surface area contributed by atoms with E-state index in [9.17, 15) is 0 Å². The maximum atomic E-state index is 5.18. The average Bonchev–Trinajstić information content (AvgIpc) is 0.720. The van der Waals surface area contributed by atoms with Gasteiger partial charge >= 0.3 is 0 Å². The average molecular weight is 1900 g/mol. The second kappa shape index (κ2) is 38.7. The molecule has 0 saturated heterocycles. The van der Waals surface area contributed by atoms with Crippen molar-refractivity contribution in [1.82, 2.24) is 19.9 Å². The normalized spacial score (nSPS) is 11.5. The number of rotatable bonds is 14. The molecule has 0 bridgehead atoms. The van der Waals surface area contributed by atoms with Crippen LogP contribution in [0.25, 0.3) is 286 Å². The third-order valence-electron chi connectivity index (χ3n) is 30.0. The number of hydrogen-bond acceptors (Lipinski definition) is 4. The van der Waals surface area contributed by atoms with Crippen molar-refractivity contribution in [3.63, 3.8) is 0 Å². The molecule has 698 valence electrons. The number of fused-ring (bicyclic) bond motifs is 15. The quantitative estimate of drug-likeness (QED) is 0.0804. The van der Waals surface area contributed by atoms with Crippen LogP contribution in [0.5, 0.6) is 0 Å². The first kappa shape index (κ1) is 89.1. The van der Waals surface area contributed by atoms with Crippen molar-refractivity contribution in [3.05, 3.63) is 570 Å². The van der Waals surface area contributed by atoms with Crippen molar-refractivity contribution in [3.8, 4) is 156 Å². The molecule has 0 aliphatic carbocycles. The van der Waals surface area contributed by atoms with Crippen molar-refractivity contribution in [2.24, 2.45) is 0 Å². The lowest BCUT2D eigenvalue weighted by Crippen LogP contribution is -1.92. The van der Waals surface area contributed by atoms with E-state index < -0.39 is 0 Å². The molecule has 29 rings (SSSR count). The van der Waals surface area contributed by atoms with E-state index >= 15 is 0 Å². The van der Waals surface area contributed by atoms with Crippen LogP contribution in [0.3, 0.4) is 0 Å². The molecule has 0 amide bonds. The van der Waals surface area contributed by atoms with E-state index in [4.69, 9.17) is 15.0 Å². The number of benzene rings is 25. The van der Waals surface area contributed by atoms with Gasteiger partial charge in [-0.25, -0.2) is 15.0 Å². The van der Waals surface area contributed by atoms with Crippen LogP contribution in [0.2, 0.25) is 0 Å². The van der Waals surface area contributed by atoms with Crippen LogP contribution in [-0.2, 0) is 0 Å². The molecule has 0 fully saturated rings. The van der Waals surface area contributed by atoms with E-state index in [-0.39, 0.29) is 0 Å². The predicted octanol–water partition coefficient (Wildman–Crippen LogP) is 39.8. The van der Waals surface area contributed by atoms with Gasteiger partial charge in [0.05, 0.1) is 33.6 Å². The third-order valence-corrected chi connectivity index (χ3v) is 30.0. The summed E-state index contributed by atoms with van der Waals surface area (Å²) < 4.78 is 0. The zero-order chi connectivity index (χ0) is 99.3. The molecule has 4 heterocycles. The lowest BCUT2D eigenvalue weighted by atomic mass is 9.85. The van der Waals surface area contributed by atoms with Crippen molar-refractivity contribution in [2.45, 2.75) is 0 Å². The number of pyridine rings is 4. The Hall–Kier alpha value is -19.8. The molecule has 4 heteroatoms. The molecule has 0 saturated carbocycles. The minimum absolute atomic E-state index is 0.976. The second-order valence-electron chi connectivity index (χ2n) is 38.8. The fourth-order valence-corrected chi connectivity index (χ4v) is 22.9. The van der Waals surface area contributed by atoms with Crippen molar-refractivity contribution in [2.75, 3.05) is 0 Å². The van der Waals surface area contributed by atoms with E-state index in [0.29, 0.717) is 0 Å². The molecule has 0 atom stereocenters. The first-order valence-electron chi connectivity index (χ1n) is 51.4. The topological polar surface area (TPSA) is 51.6 Å². The van der Waals surface area contributed by atoms with Gasteiger partial charge < -0.3 is 0 Å². The van der Waals surface area contributed by atoms with Gasteiger partial charge in [0, 0.05) is 56.2 Å². The van der Waals surface area contributed by atoms with E-state index in [0.717, 1.165) is 61.3 Å². The predicted molar refractivity (Wildman–Crippen MR) is 637 cm³/mol. The smallest absolute Gasteiger partial charge is 0.0722 e. The van der Waals surface area contributed by atoms with Crippen LogP contribution < -0.4 is 0 Å². The Labute approximate surface area is 869 Å². The minimum Gasteiger partial charge on any atom is -0.263 e. The van der Waals surface area contributed by atoms with Gasteiger partial charge in [-0.2, -0.15) is 0 Å². The molecular formula is C146H94N4. The first-order chi connectivity index (χ1) is 74.4. The van der Waals surface area contributed by atoms with Gasteiger partial charge in [0.25, 0.3) is 0 Å². The van der Waals surface area contributed by atoms with Crippen molar-refractivity contribution < 1.29 is 0 Å². The summed E-state index contributed by atoms with van der Waals surface area (Å²) in [5.74, 6) is 0. The van der Waals surface area contributed by atoms with Crippen molar-refractivity contribution in [1.29, 1.82) is 0 Å². The molecule has 150 heavy (non-hydrogen) atoms. The molecule has 4 aromatic heterocycles. The van der Waals surface area contributed by atoms with Crippen LogP contribution in [-0.4, -0.2) is 19.9 Å². The SMILES string of the molecule is c1ccc(-c2cc(-c3cccc(-c4ccc(-c5c6ccccc6c(-c6ccc7ccccc7c6)c6ccccc56)cc4)c3)c3c(ccc4ccccc43)n2)cc1.c1ccc(-c2cc(-c3cccc(-c4ccc(-c5c6ccccc6c(-c6ccccc6)c6ccccc56)cc4)c3)c3c(ccc4ccccc43)n2)cc1.c1ccc(-c2cc(-c3cccc(-c4ccc(-c5cncc6ccccc56)cc4)c3)c3c(ccc4ccccc43)n2)cc1. The van der Waals surface area contributed by atoms with Gasteiger partial charge in [-0.05, 0) is 269 Å². The maximum absolute atomic E-state index is 5.18. The maximum Gasteiger partial charge on any atom is 0.0722 e. The van der Waals surface area contributed by atoms with Crippen LogP contribution in [0.4, 0.5) is 0 Å². The van der Waals surface area contributed by atoms with E-state index in [1.54, 1.807) is 0 Å². The molecule has 0 aliphatic heterocycles. The number of nitrogens with zero attached hydrogens (tertiary/aromatic N) is 4. The fraction of sp³-hybridized carbons (Fsp3) is 0. The summed E-state index contributed by atoms with van der Waals surface area (Å²) in [6.45, 7) is 0. The largest absolute Gasteiger partial charge is 0.263 e. The zero-order valence-corrected chi connectivity index (χ0v) is 82.1. The molecule has 0 unspecified atom stereocenters. The second-order valence-corrected chi connectivity index (χ2v) is 38.8. The van der Waals surface area contributed by atoms with Gasteiger partial charge in [0.1, 0.15) is 0 Å². The highest BCUT2D eigenvalue weighted by atomic mass is 14.7. The first-order valence-corrected chi connectivity index (χ1v) is 51.4. The van der Waals surface area contributed by atoms with E-state index in [2.05, 4.69) is 557 Å². The standard InChI is InChI=1S/C55H35N.C51H33N.C40H26N2/c1-2-15-39(16-3-1)52-35-50(55-45-20-7-6-14-38(45)31-32-51(55)56-52)43-19-12-18-42(33-43)37-25-28-40(29-26-37)53-46-21-8-10-23-48(46)54(49-24-11-9-22-47(49)53)44-30-27-36-13-4-5-17-41(36)34-44;1-3-15-36(16-4-1)48-33-46(51-41-21-8-7-14-35(41)30-31-47(51)52-48)40-20-13-19-39(32-40)34-26-28-38(29-27-34)50-44-24-11-9-22-42(44)49(37-17-5-2-6-18-37)43-23-10-12-25-45(43)50;1-2-10-30(11-3-1)39-24-36(40-35-16-7-4-9-28(35)21-22-38(40)42-39)32-14-8-13-31(23-32)27-17-19-29(20-18-27)37-26-41-25-33-12-5-6-15-34(33)37/h1-35H;1-33H;1-26H. The summed E-state index contributed by atoms with van der Waals surface area (Å²) in [4.78, 5) is 19.9. The van der Waals surface area contributed by atoms with Gasteiger partial charge in [-0.3, -0.25) is 4.98 Å². The monoisotopic (exact) mass is 1900 g/mol. The minimum atomic E-state index is 0.976. The zero-order valence-electron chi connectivity index (χ0n) is 82.1. The van der Waals surface area contributed by atoms with Crippen molar-refractivity contribution >= 4 is 130 Å². The van der Waals surface area contributed by atoms with Gasteiger partial charge in [0.15, 0.2) is 0 Å². The Kier molecular flexibility index (Phi) is 23.0. The molecule has 29 aromatic rings. The lowest BCUT2D eigenvalue weighted by molar-refractivity contribution is 1.36. The molecule has 0 N–H and O–H groups in total. The van der Waals surface area contributed by atoms with E-state index in [1.165, 1.54) is 225 Å². The summed E-state index contributed by atoms with van der Waals surface area (Å²) >= 11 is 0. The molecule has 0 spiro atoms. The Morgan fingerprint density at radius 3 is 0.700 bits per heavy atom. The molecular weight excluding hydrogens is 1810 g/mol. The highest BCUT2D eigenvalue weighted by molar-refractivity contribution is 6.25. The molecule has 25 aromatic carbocycles. The van der Waals surface area contributed by atoms with Gasteiger partial charge in [-0.1, -0.05) is 497 Å². The van der Waals surface area contributed by atoms with Crippen LogP contribution >= 0.6 is 0 Å². The molecule has 0 aliphatic rings. The highest BCUT2D eigenvalue weighted by Gasteiger charge is 2.24. The lowest BCUT2D eigenvalue weighted by Gasteiger charge is -2.18. The summed E-state index contributed by atoms with van der Waals surface area (Å²) in [5.41, 5.74) is 35.8. The molecule has 0 radical (unpaired) electrons. The summed E-state index contributed by atoms with van der Waals surface area (Å²) in [5, 5.41) is 25.8. The Balaban J connectivity index is 0.000000112.